The maximum Gasteiger partial charge on any atom is 0.325 e. The van der Waals surface area contributed by atoms with Crippen molar-refractivity contribution in [1.29, 1.82) is 0 Å². The number of hydrogen-bond acceptors (Lipinski definition) is 4. The van der Waals surface area contributed by atoms with E-state index >= 15 is 0 Å². The largest absolute Gasteiger partial charge is 0.496 e. The first kappa shape index (κ1) is 21.6. The summed E-state index contributed by atoms with van der Waals surface area (Å²) in [6, 6.07) is 9.84. The van der Waals surface area contributed by atoms with Gasteiger partial charge in [0.2, 0.25) is 5.91 Å². The Labute approximate surface area is 180 Å². The molecule has 30 heavy (non-hydrogen) atoms. The number of hydrogen-bond donors (Lipinski definition) is 2. The lowest BCUT2D eigenvalue weighted by molar-refractivity contribution is -0.134. The Morgan fingerprint density at radius 3 is 2.50 bits per heavy atom. The van der Waals surface area contributed by atoms with Gasteiger partial charge in [-0.25, -0.2) is 4.79 Å². The summed E-state index contributed by atoms with van der Waals surface area (Å²) < 4.78 is 5.28. The van der Waals surface area contributed by atoms with Gasteiger partial charge in [0.15, 0.2) is 0 Å². The highest BCUT2D eigenvalue weighted by molar-refractivity contribution is 6.31. The summed E-state index contributed by atoms with van der Waals surface area (Å²) in [5.74, 6) is -0.261. The SMILES string of the molecule is CCC1(c2ccc(OC)c(C)c2)NC(=O)N(CC(=O)Nc2ccc(C)c(Cl)c2)C1=O. The number of anilines is 1. The van der Waals surface area contributed by atoms with Crippen molar-refractivity contribution in [2.75, 3.05) is 19.0 Å². The summed E-state index contributed by atoms with van der Waals surface area (Å²) in [7, 11) is 1.57. The third-order valence-electron chi connectivity index (χ3n) is 5.35. The van der Waals surface area contributed by atoms with Crippen LogP contribution in [-0.4, -0.2) is 36.4 Å². The van der Waals surface area contributed by atoms with E-state index in [4.69, 9.17) is 16.3 Å². The summed E-state index contributed by atoms with van der Waals surface area (Å²) in [6.45, 7) is 5.14. The molecule has 0 spiro atoms. The van der Waals surface area contributed by atoms with E-state index < -0.39 is 29.9 Å². The van der Waals surface area contributed by atoms with Gasteiger partial charge in [-0.2, -0.15) is 0 Å². The van der Waals surface area contributed by atoms with E-state index in [1.165, 1.54) is 0 Å². The molecule has 1 heterocycles. The molecular formula is C22H24ClN3O4. The second kappa shape index (κ2) is 8.36. The van der Waals surface area contributed by atoms with Gasteiger partial charge in [0.1, 0.15) is 17.8 Å². The molecule has 4 amide bonds. The Morgan fingerprint density at radius 2 is 1.90 bits per heavy atom. The highest BCUT2D eigenvalue weighted by atomic mass is 35.5. The highest BCUT2D eigenvalue weighted by Crippen LogP contribution is 2.34. The summed E-state index contributed by atoms with van der Waals surface area (Å²) >= 11 is 6.08. The molecule has 0 bridgehead atoms. The molecule has 1 aliphatic rings. The van der Waals surface area contributed by atoms with Crippen molar-refractivity contribution in [3.8, 4) is 5.75 Å². The molecule has 0 radical (unpaired) electrons. The van der Waals surface area contributed by atoms with Crippen molar-refractivity contribution in [2.24, 2.45) is 0 Å². The summed E-state index contributed by atoms with van der Waals surface area (Å²) in [4.78, 5) is 39.3. The van der Waals surface area contributed by atoms with Gasteiger partial charge in [0, 0.05) is 10.7 Å². The predicted octanol–water partition coefficient (Wildman–Crippen LogP) is 3.76. The van der Waals surface area contributed by atoms with Gasteiger partial charge in [-0.1, -0.05) is 30.7 Å². The minimum atomic E-state index is -1.22. The molecular weight excluding hydrogens is 406 g/mol. The van der Waals surface area contributed by atoms with Crippen molar-refractivity contribution in [3.63, 3.8) is 0 Å². The van der Waals surface area contributed by atoms with Crippen molar-refractivity contribution >= 4 is 35.1 Å². The second-order valence-corrected chi connectivity index (χ2v) is 7.68. The zero-order valence-corrected chi connectivity index (χ0v) is 18.1. The monoisotopic (exact) mass is 429 g/mol. The van der Waals surface area contributed by atoms with Crippen LogP contribution in [0.2, 0.25) is 5.02 Å². The number of urea groups is 1. The summed E-state index contributed by atoms with van der Waals surface area (Å²) in [5.41, 5.74) is 1.65. The van der Waals surface area contributed by atoms with Crippen molar-refractivity contribution < 1.29 is 19.1 Å². The van der Waals surface area contributed by atoms with E-state index in [-0.39, 0.29) is 0 Å². The van der Waals surface area contributed by atoms with Gasteiger partial charge >= 0.3 is 6.03 Å². The van der Waals surface area contributed by atoms with Crippen LogP contribution in [-0.2, 0) is 15.1 Å². The van der Waals surface area contributed by atoms with Gasteiger partial charge in [-0.15, -0.1) is 0 Å². The average Bonchev–Trinajstić information content (AvgIpc) is 2.95. The maximum atomic E-state index is 13.2. The van der Waals surface area contributed by atoms with E-state index in [0.29, 0.717) is 28.4 Å². The zero-order valence-electron chi connectivity index (χ0n) is 17.3. The van der Waals surface area contributed by atoms with Crippen LogP contribution < -0.4 is 15.4 Å². The number of ether oxygens (including phenoxy) is 1. The van der Waals surface area contributed by atoms with Gasteiger partial charge < -0.3 is 15.4 Å². The minimum Gasteiger partial charge on any atom is -0.496 e. The lowest BCUT2D eigenvalue weighted by atomic mass is 9.86. The number of methoxy groups -OCH3 is 1. The fourth-order valence-electron chi connectivity index (χ4n) is 3.57. The van der Waals surface area contributed by atoms with Crippen LogP contribution in [0.3, 0.4) is 0 Å². The minimum absolute atomic E-state index is 0.342. The Morgan fingerprint density at radius 1 is 1.17 bits per heavy atom. The van der Waals surface area contributed by atoms with E-state index in [2.05, 4.69) is 10.6 Å². The second-order valence-electron chi connectivity index (χ2n) is 7.28. The Hall–Kier alpha value is -3.06. The van der Waals surface area contributed by atoms with Gasteiger partial charge in [-0.05, 0) is 61.2 Å². The topological polar surface area (TPSA) is 87.7 Å². The van der Waals surface area contributed by atoms with Gasteiger partial charge in [-0.3, -0.25) is 14.5 Å². The Kier molecular flexibility index (Phi) is 6.03. The molecule has 3 rings (SSSR count). The molecule has 0 aliphatic carbocycles. The molecule has 1 saturated heterocycles. The summed E-state index contributed by atoms with van der Waals surface area (Å²) in [5, 5.41) is 5.97. The lowest BCUT2D eigenvalue weighted by Gasteiger charge is -2.26. The normalized spacial score (nSPS) is 18.4. The number of halogens is 1. The number of nitrogens with zero attached hydrogens (tertiary/aromatic N) is 1. The fraction of sp³-hybridized carbons (Fsp3) is 0.318. The van der Waals surface area contributed by atoms with Gasteiger partial charge in [0.25, 0.3) is 5.91 Å². The number of rotatable bonds is 6. The molecule has 1 unspecified atom stereocenters. The number of imide groups is 1. The third kappa shape index (κ3) is 3.85. The van der Waals surface area contributed by atoms with Crippen LogP contribution in [0.25, 0.3) is 0 Å². The number of benzene rings is 2. The van der Waals surface area contributed by atoms with Crippen LogP contribution in [0, 0.1) is 13.8 Å². The lowest BCUT2D eigenvalue weighted by Crippen LogP contribution is -2.44. The molecule has 2 aromatic carbocycles. The van der Waals surface area contributed by atoms with Crippen LogP contribution in [0.1, 0.15) is 30.0 Å². The standard InChI is InChI=1S/C22H24ClN3O4/c1-5-22(15-7-9-18(30-4)14(3)10-15)20(28)26(21(29)25-22)12-19(27)24-16-8-6-13(2)17(23)11-16/h6-11H,5,12H2,1-4H3,(H,24,27)(H,25,29). The molecule has 0 saturated carbocycles. The molecule has 8 heteroatoms. The predicted molar refractivity (Wildman–Crippen MR) is 115 cm³/mol. The van der Waals surface area contributed by atoms with Crippen molar-refractivity contribution in [1.82, 2.24) is 10.2 Å². The van der Waals surface area contributed by atoms with Crippen molar-refractivity contribution in [3.05, 3.63) is 58.1 Å². The Bertz CT molecular complexity index is 1020. The molecule has 1 fully saturated rings. The number of carbonyl (C=O) groups excluding carboxylic acids is 3. The number of aryl methyl sites for hydroxylation is 2. The Balaban J connectivity index is 1.81. The van der Waals surface area contributed by atoms with E-state index in [1.807, 2.05) is 26.8 Å². The molecule has 158 valence electrons. The molecule has 2 N–H and O–H groups in total. The maximum absolute atomic E-state index is 13.2. The smallest absolute Gasteiger partial charge is 0.325 e. The van der Waals surface area contributed by atoms with E-state index in [1.54, 1.807) is 37.4 Å². The first-order chi connectivity index (χ1) is 14.2. The highest BCUT2D eigenvalue weighted by Gasteiger charge is 2.51. The van der Waals surface area contributed by atoms with Crippen LogP contribution >= 0.6 is 11.6 Å². The fourth-order valence-corrected chi connectivity index (χ4v) is 3.75. The molecule has 1 atom stereocenters. The third-order valence-corrected chi connectivity index (χ3v) is 5.76. The van der Waals surface area contributed by atoms with Gasteiger partial charge in [0.05, 0.1) is 7.11 Å². The number of amides is 4. The molecule has 1 aliphatic heterocycles. The number of carbonyl (C=O) groups is 3. The molecule has 0 aromatic heterocycles. The first-order valence-electron chi connectivity index (χ1n) is 9.57. The molecule has 7 nitrogen and oxygen atoms in total. The summed E-state index contributed by atoms with van der Waals surface area (Å²) in [6.07, 6.45) is 0.342. The molecule has 2 aromatic rings. The van der Waals surface area contributed by atoms with Crippen LogP contribution in [0.15, 0.2) is 36.4 Å². The first-order valence-corrected chi connectivity index (χ1v) is 9.95. The van der Waals surface area contributed by atoms with Crippen LogP contribution in [0.5, 0.6) is 5.75 Å². The van der Waals surface area contributed by atoms with Crippen LogP contribution in [0.4, 0.5) is 10.5 Å². The van der Waals surface area contributed by atoms with Crippen molar-refractivity contribution in [2.45, 2.75) is 32.7 Å². The van der Waals surface area contributed by atoms with E-state index in [9.17, 15) is 14.4 Å². The number of nitrogens with one attached hydrogen (secondary N) is 2. The zero-order chi connectivity index (χ0) is 22.1. The average molecular weight is 430 g/mol. The van der Waals surface area contributed by atoms with E-state index in [0.717, 1.165) is 16.0 Å². The quantitative estimate of drug-likeness (QED) is 0.684.